The van der Waals surface area contributed by atoms with Crippen LogP contribution in [-0.2, 0) is 9.59 Å². The van der Waals surface area contributed by atoms with Crippen LogP contribution in [0.15, 0.2) is 0 Å². The highest BCUT2D eigenvalue weighted by Gasteiger charge is 2.18. The molecule has 0 saturated heterocycles. The molecule has 1 unspecified atom stereocenters. The molecule has 17 heavy (non-hydrogen) atoms. The number of carbonyl (C=O) groups excluding carboxylic acids is 2. The maximum Gasteiger partial charge on any atom is 0.220 e. The van der Waals surface area contributed by atoms with E-state index in [2.05, 4.69) is 5.32 Å². The normalized spacial score (nSPS) is 19.4. The highest BCUT2D eigenvalue weighted by Crippen LogP contribution is 2.25. The second kappa shape index (κ2) is 7.46. The van der Waals surface area contributed by atoms with E-state index in [4.69, 9.17) is 0 Å². The average Bonchev–Trinajstić information content (AvgIpc) is 2.56. The van der Waals surface area contributed by atoms with Gasteiger partial charge in [0.1, 0.15) is 0 Å². The molecule has 1 aliphatic carbocycles. The van der Waals surface area contributed by atoms with E-state index in [1.54, 1.807) is 6.92 Å². The summed E-state index contributed by atoms with van der Waals surface area (Å²) in [7, 11) is 0. The molecule has 1 aliphatic rings. The lowest BCUT2D eigenvalue weighted by atomic mass is 9.96. The number of Topliss-reactive ketones (excluding diaryl/α,β-unsaturated/α-hetero) is 1. The molecule has 0 aromatic heterocycles. The molecule has 0 heterocycles. The molecule has 1 rings (SSSR count). The van der Waals surface area contributed by atoms with Crippen LogP contribution in [0.4, 0.5) is 0 Å². The van der Waals surface area contributed by atoms with E-state index in [0.717, 1.165) is 0 Å². The third-order valence-electron chi connectivity index (χ3n) is 3.66. The Balaban J connectivity index is 2.30. The Kier molecular flexibility index (Phi) is 6.23. The van der Waals surface area contributed by atoms with Gasteiger partial charge in [-0.05, 0) is 25.7 Å². The maximum absolute atomic E-state index is 11.8. The van der Waals surface area contributed by atoms with Crippen molar-refractivity contribution in [2.24, 2.45) is 5.92 Å². The Labute approximate surface area is 104 Å². The number of amides is 1. The fraction of sp³-hybridized carbons (Fsp3) is 0.857. The number of rotatable bonds is 5. The molecule has 0 aromatic carbocycles. The second-order valence-electron chi connectivity index (χ2n) is 5.17. The van der Waals surface area contributed by atoms with Crippen molar-refractivity contribution in [2.75, 3.05) is 0 Å². The molecule has 1 N–H and O–H groups in total. The Hall–Kier alpha value is -0.860. The van der Waals surface area contributed by atoms with E-state index < -0.39 is 0 Å². The van der Waals surface area contributed by atoms with Gasteiger partial charge in [-0.1, -0.05) is 32.6 Å². The van der Waals surface area contributed by atoms with Crippen LogP contribution < -0.4 is 5.32 Å². The summed E-state index contributed by atoms with van der Waals surface area (Å²) in [4.78, 5) is 23.2. The van der Waals surface area contributed by atoms with E-state index >= 15 is 0 Å². The Morgan fingerprint density at radius 2 is 1.76 bits per heavy atom. The largest absolute Gasteiger partial charge is 0.347 e. The predicted octanol–water partition coefficient (Wildman–Crippen LogP) is 2.83. The molecule has 1 amide bonds. The minimum Gasteiger partial charge on any atom is -0.347 e. The van der Waals surface area contributed by atoms with Crippen LogP contribution in [0.3, 0.4) is 0 Å². The first kappa shape index (κ1) is 14.2. The van der Waals surface area contributed by atoms with Crippen molar-refractivity contribution in [3.63, 3.8) is 0 Å². The Bertz CT molecular complexity index is 255. The van der Waals surface area contributed by atoms with E-state index in [0.29, 0.717) is 18.8 Å². The molecule has 3 nitrogen and oxygen atoms in total. The van der Waals surface area contributed by atoms with Gasteiger partial charge in [0.25, 0.3) is 0 Å². The molecule has 0 bridgehead atoms. The molecule has 0 radical (unpaired) electrons. The lowest BCUT2D eigenvalue weighted by molar-refractivity contribution is -0.127. The molecule has 0 aliphatic heterocycles. The lowest BCUT2D eigenvalue weighted by Crippen LogP contribution is -2.38. The first-order valence-electron chi connectivity index (χ1n) is 6.95. The minimum atomic E-state index is -0.321. The van der Waals surface area contributed by atoms with Crippen molar-refractivity contribution in [3.05, 3.63) is 0 Å². The van der Waals surface area contributed by atoms with Crippen molar-refractivity contribution >= 4 is 11.7 Å². The van der Waals surface area contributed by atoms with Gasteiger partial charge >= 0.3 is 0 Å². The number of hydrogen-bond acceptors (Lipinski definition) is 2. The van der Waals surface area contributed by atoms with Crippen molar-refractivity contribution in [1.29, 1.82) is 0 Å². The van der Waals surface area contributed by atoms with Crippen molar-refractivity contribution in [2.45, 2.75) is 71.3 Å². The zero-order valence-corrected chi connectivity index (χ0v) is 11.1. The Morgan fingerprint density at radius 1 is 1.18 bits per heavy atom. The van der Waals surface area contributed by atoms with Crippen LogP contribution in [0.1, 0.15) is 65.2 Å². The zero-order chi connectivity index (χ0) is 12.7. The average molecular weight is 239 g/mol. The molecule has 1 atom stereocenters. The van der Waals surface area contributed by atoms with Gasteiger partial charge in [-0.15, -0.1) is 0 Å². The van der Waals surface area contributed by atoms with Crippen LogP contribution in [0.2, 0.25) is 0 Å². The number of nitrogens with one attached hydrogen (secondary N) is 1. The van der Waals surface area contributed by atoms with E-state index in [1.165, 1.54) is 38.5 Å². The van der Waals surface area contributed by atoms with Crippen molar-refractivity contribution < 1.29 is 9.59 Å². The quantitative estimate of drug-likeness (QED) is 0.750. The summed E-state index contributed by atoms with van der Waals surface area (Å²) in [6.45, 7) is 3.60. The summed E-state index contributed by atoms with van der Waals surface area (Å²) < 4.78 is 0. The van der Waals surface area contributed by atoms with Gasteiger partial charge in [-0.25, -0.2) is 0 Å². The van der Waals surface area contributed by atoms with Crippen LogP contribution >= 0.6 is 0 Å². The number of ketones is 1. The van der Waals surface area contributed by atoms with Crippen molar-refractivity contribution in [3.8, 4) is 0 Å². The summed E-state index contributed by atoms with van der Waals surface area (Å²) in [6, 6.07) is -0.321. The minimum absolute atomic E-state index is 0.0474. The molecule has 1 saturated carbocycles. The van der Waals surface area contributed by atoms with E-state index in [9.17, 15) is 9.59 Å². The topological polar surface area (TPSA) is 46.2 Å². The maximum atomic E-state index is 11.8. The third kappa shape index (κ3) is 5.33. The summed E-state index contributed by atoms with van der Waals surface area (Å²) in [5, 5.41) is 2.81. The van der Waals surface area contributed by atoms with Gasteiger partial charge in [0.2, 0.25) is 5.91 Å². The van der Waals surface area contributed by atoms with Crippen LogP contribution in [0, 0.1) is 5.92 Å². The molecule has 0 spiro atoms. The summed E-state index contributed by atoms with van der Waals surface area (Å²) in [5.41, 5.74) is 0. The first-order valence-corrected chi connectivity index (χ1v) is 6.95. The van der Waals surface area contributed by atoms with Gasteiger partial charge in [-0.2, -0.15) is 0 Å². The van der Waals surface area contributed by atoms with Gasteiger partial charge in [0.05, 0.1) is 6.04 Å². The number of hydrogen-bond donors (Lipinski definition) is 1. The van der Waals surface area contributed by atoms with Gasteiger partial charge < -0.3 is 5.32 Å². The van der Waals surface area contributed by atoms with Crippen LogP contribution in [0.5, 0.6) is 0 Å². The molecular weight excluding hydrogens is 214 g/mol. The highest BCUT2D eigenvalue weighted by atomic mass is 16.2. The second-order valence-corrected chi connectivity index (χ2v) is 5.17. The molecule has 0 aromatic rings. The fourth-order valence-corrected chi connectivity index (χ4v) is 2.52. The summed E-state index contributed by atoms with van der Waals surface area (Å²) in [5.74, 6) is 0.687. The smallest absolute Gasteiger partial charge is 0.220 e. The van der Waals surface area contributed by atoms with Crippen LogP contribution in [0.25, 0.3) is 0 Å². The Morgan fingerprint density at radius 3 is 2.29 bits per heavy atom. The van der Waals surface area contributed by atoms with E-state index in [1.807, 2.05) is 6.92 Å². The first-order chi connectivity index (χ1) is 8.13. The van der Waals surface area contributed by atoms with Gasteiger partial charge in [0, 0.05) is 12.8 Å². The third-order valence-corrected chi connectivity index (χ3v) is 3.66. The van der Waals surface area contributed by atoms with Gasteiger partial charge in [-0.3, -0.25) is 9.59 Å². The summed E-state index contributed by atoms with van der Waals surface area (Å²) in [6.07, 6.45) is 8.55. The summed E-state index contributed by atoms with van der Waals surface area (Å²) >= 11 is 0. The van der Waals surface area contributed by atoms with E-state index in [-0.39, 0.29) is 17.7 Å². The molecular formula is C14H25NO2. The highest BCUT2D eigenvalue weighted by molar-refractivity contribution is 5.88. The monoisotopic (exact) mass is 239 g/mol. The SMILES string of the molecule is CCC(=O)C(C)NC(=O)CC1CCCCCC1. The molecule has 98 valence electrons. The molecule has 3 heteroatoms. The number of carbonyl (C=O) groups is 2. The zero-order valence-electron chi connectivity index (χ0n) is 11.1. The predicted molar refractivity (Wildman–Crippen MR) is 68.7 cm³/mol. The van der Waals surface area contributed by atoms with Gasteiger partial charge in [0.15, 0.2) is 5.78 Å². The van der Waals surface area contributed by atoms with Crippen molar-refractivity contribution in [1.82, 2.24) is 5.32 Å². The molecule has 1 fully saturated rings. The fourth-order valence-electron chi connectivity index (χ4n) is 2.52. The standard InChI is InChI=1S/C14H25NO2/c1-3-13(16)11(2)15-14(17)10-12-8-6-4-5-7-9-12/h11-12H,3-10H2,1-2H3,(H,15,17). The lowest BCUT2D eigenvalue weighted by Gasteiger charge is -2.16. The van der Waals surface area contributed by atoms with Crippen LogP contribution in [-0.4, -0.2) is 17.7 Å².